The predicted octanol–water partition coefficient (Wildman–Crippen LogP) is 6.47. The molecular weight excluding hydrogens is 475 g/mol. The molecule has 1 saturated heterocycles. The zero-order valence-electron chi connectivity index (χ0n) is 20.8. The Balaban J connectivity index is 1.53. The molecule has 188 valence electrons. The van der Waals surface area contributed by atoms with Gasteiger partial charge in [-0.25, -0.2) is 14.4 Å². The van der Waals surface area contributed by atoms with Crippen molar-refractivity contribution in [2.24, 2.45) is 5.92 Å². The van der Waals surface area contributed by atoms with Crippen molar-refractivity contribution >= 4 is 23.5 Å². The number of anilines is 1. The van der Waals surface area contributed by atoms with Crippen LogP contribution in [-0.2, 0) is 5.41 Å². The number of carbonyl (C=O) groups excluding carboxylic acids is 1. The van der Waals surface area contributed by atoms with Crippen LogP contribution in [0.5, 0.6) is 0 Å². The quantitative estimate of drug-likeness (QED) is 0.416. The average molecular weight is 507 g/mol. The highest BCUT2D eigenvalue weighted by Gasteiger charge is 2.44. The van der Waals surface area contributed by atoms with Crippen LogP contribution in [0.25, 0.3) is 0 Å². The van der Waals surface area contributed by atoms with E-state index in [0.717, 1.165) is 55.6 Å². The van der Waals surface area contributed by atoms with Crippen LogP contribution in [0.2, 0.25) is 5.02 Å². The van der Waals surface area contributed by atoms with Gasteiger partial charge in [0.2, 0.25) is 5.95 Å². The first-order valence-electron chi connectivity index (χ1n) is 12.8. The molecule has 1 aromatic heterocycles. The van der Waals surface area contributed by atoms with E-state index in [1.807, 2.05) is 19.1 Å². The highest BCUT2D eigenvalue weighted by Crippen LogP contribution is 2.49. The molecule has 2 unspecified atom stereocenters. The fourth-order valence-corrected chi connectivity index (χ4v) is 5.62. The van der Waals surface area contributed by atoms with Crippen molar-refractivity contribution in [3.8, 4) is 0 Å². The number of amides is 1. The van der Waals surface area contributed by atoms with E-state index in [0.29, 0.717) is 22.5 Å². The summed E-state index contributed by atoms with van der Waals surface area (Å²) in [6, 6.07) is 13.8. The van der Waals surface area contributed by atoms with E-state index in [-0.39, 0.29) is 23.2 Å². The molecule has 5 nitrogen and oxygen atoms in total. The minimum Gasteiger partial charge on any atom is -0.345 e. The summed E-state index contributed by atoms with van der Waals surface area (Å²) in [5, 5.41) is 3.77. The number of hydrogen-bond acceptors (Lipinski definition) is 4. The number of aromatic nitrogens is 2. The van der Waals surface area contributed by atoms with Gasteiger partial charge in [-0.2, -0.15) is 0 Å². The Morgan fingerprint density at radius 2 is 1.86 bits per heavy atom. The van der Waals surface area contributed by atoms with Crippen molar-refractivity contribution in [3.63, 3.8) is 0 Å². The van der Waals surface area contributed by atoms with Gasteiger partial charge in [0.15, 0.2) is 0 Å². The zero-order chi connectivity index (χ0) is 25.3. The third kappa shape index (κ3) is 4.83. The van der Waals surface area contributed by atoms with Crippen LogP contribution in [0.3, 0.4) is 0 Å². The lowest BCUT2D eigenvalue weighted by atomic mass is 9.61. The van der Waals surface area contributed by atoms with Crippen LogP contribution in [0.15, 0.2) is 54.7 Å². The molecule has 1 amide bonds. The van der Waals surface area contributed by atoms with Gasteiger partial charge in [0.05, 0.1) is 17.3 Å². The minimum absolute atomic E-state index is 0.222. The smallest absolute Gasteiger partial charge is 0.255 e. The second-order valence-corrected chi connectivity index (χ2v) is 10.8. The first kappa shape index (κ1) is 24.7. The second kappa shape index (κ2) is 10.2. The molecule has 1 aliphatic carbocycles. The molecule has 0 spiro atoms. The maximum atomic E-state index is 13.6. The van der Waals surface area contributed by atoms with E-state index in [4.69, 9.17) is 16.6 Å². The molecule has 1 N–H and O–H groups in total. The number of hydrogen-bond donors (Lipinski definition) is 1. The number of rotatable bonds is 6. The van der Waals surface area contributed by atoms with Crippen LogP contribution in [-0.4, -0.2) is 29.0 Å². The molecule has 36 heavy (non-hydrogen) atoms. The molecule has 0 radical (unpaired) electrons. The standard InChI is InChI=1S/C29H32ClFN4O/c1-19-5-3-16-35(18-19)28-32-17-25(27(36)33-20(2)21-6-12-24(31)13-7-21)26(34-28)29(14-4-15-29)22-8-10-23(30)11-9-22/h6-13,17,19-20H,3-5,14-16,18H2,1-2H3,(H,33,36). The molecule has 0 bridgehead atoms. The first-order valence-corrected chi connectivity index (χ1v) is 13.2. The fourth-order valence-electron chi connectivity index (χ4n) is 5.50. The Morgan fingerprint density at radius 1 is 1.14 bits per heavy atom. The molecule has 1 saturated carbocycles. The third-order valence-corrected chi connectivity index (χ3v) is 7.99. The normalized spacial score (nSPS) is 19.9. The van der Waals surface area contributed by atoms with Gasteiger partial charge in [-0.15, -0.1) is 0 Å². The molecular formula is C29H32ClFN4O. The lowest BCUT2D eigenvalue weighted by molar-refractivity contribution is 0.0934. The lowest BCUT2D eigenvalue weighted by Crippen LogP contribution is -2.41. The topological polar surface area (TPSA) is 58.1 Å². The zero-order valence-corrected chi connectivity index (χ0v) is 21.6. The molecule has 2 heterocycles. The van der Waals surface area contributed by atoms with Crippen LogP contribution >= 0.6 is 11.6 Å². The van der Waals surface area contributed by atoms with E-state index in [1.54, 1.807) is 18.3 Å². The van der Waals surface area contributed by atoms with E-state index >= 15 is 0 Å². The molecule has 2 atom stereocenters. The lowest BCUT2D eigenvalue weighted by Gasteiger charge is -2.43. The number of nitrogens with zero attached hydrogens (tertiary/aromatic N) is 3. The van der Waals surface area contributed by atoms with Gasteiger partial charge >= 0.3 is 0 Å². The van der Waals surface area contributed by atoms with Gasteiger partial charge in [-0.3, -0.25) is 4.79 Å². The Hall–Kier alpha value is -2.99. The Bertz CT molecular complexity index is 1230. The summed E-state index contributed by atoms with van der Waals surface area (Å²) >= 11 is 6.20. The van der Waals surface area contributed by atoms with E-state index < -0.39 is 0 Å². The monoisotopic (exact) mass is 506 g/mol. The maximum Gasteiger partial charge on any atom is 0.255 e. The number of halogens is 2. The van der Waals surface area contributed by atoms with E-state index in [9.17, 15) is 9.18 Å². The number of benzene rings is 2. The maximum absolute atomic E-state index is 13.6. The number of piperidine rings is 1. The molecule has 2 aliphatic rings. The number of carbonyl (C=O) groups is 1. The Kier molecular flexibility index (Phi) is 6.98. The van der Waals surface area contributed by atoms with Gasteiger partial charge in [-0.1, -0.05) is 49.2 Å². The molecule has 3 aromatic rings. The van der Waals surface area contributed by atoms with Gasteiger partial charge in [0.25, 0.3) is 5.91 Å². The average Bonchev–Trinajstić information content (AvgIpc) is 2.85. The highest BCUT2D eigenvalue weighted by atomic mass is 35.5. The van der Waals surface area contributed by atoms with Crippen molar-refractivity contribution in [1.29, 1.82) is 0 Å². The van der Waals surface area contributed by atoms with Crippen LogP contribution in [0.4, 0.5) is 10.3 Å². The summed E-state index contributed by atoms with van der Waals surface area (Å²) in [5.74, 6) is 0.755. The van der Waals surface area contributed by atoms with Gasteiger partial charge < -0.3 is 10.2 Å². The van der Waals surface area contributed by atoms with Crippen LogP contribution in [0, 0.1) is 11.7 Å². The summed E-state index contributed by atoms with van der Waals surface area (Å²) in [4.78, 5) is 25.7. The van der Waals surface area contributed by atoms with Crippen molar-refractivity contribution in [1.82, 2.24) is 15.3 Å². The van der Waals surface area contributed by atoms with Gasteiger partial charge in [0.1, 0.15) is 5.82 Å². The summed E-state index contributed by atoms with van der Waals surface area (Å²) in [6.07, 6.45) is 6.90. The van der Waals surface area contributed by atoms with Crippen molar-refractivity contribution < 1.29 is 9.18 Å². The molecule has 5 rings (SSSR count). The Labute approximate surface area is 217 Å². The van der Waals surface area contributed by atoms with Crippen molar-refractivity contribution in [2.45, 2.75) is 57.4 Å². The predicted molar refractivity (Wildman–Crippen MR) is 141 cm³/mol. The van der Waals surface area contributed by atoms with Crippen molar-refractivity contribution in [2.75, 3.05) is 18.0 Å². The third-order valence-electron chi connectivity index (χ3n) is 7.74. The highest BCUT2D eigenvalue weighted by molar-refractivity contribution is 6.30. The van der Waals surface area contributed by atoms with E-state index in [1.165, 1.54) is 18.6 Å². The summed E-state index contributed by atoms with van der Waals surface area (Å²) in [7, 11) is 0. The summed E-state index contributed by atoms with van der Waals surface area (Å²) in [5.41, 5.74) is 2.88. The largest absolute Gasteiger partial charge is 0.345 e. The summed E-state index contributed by atoms with van der Waals surface area (Å²) < 4.78 is 13.4. The molecule has 1 aliphatic heterocycles. The SMILES string of the molecule is CC1CCCN(c2ncc(C(=O)NC(C)c3ccc(F)cc3)c(C3(c4ccc(Cl)cc4)CCC3)n2)C1. The fraction of sp³-hybridized carbons (Fsp3) is 0.414. The second-order valence-electron chi connectivity index (χ2n) is 10.3. The number of nitrogens with one attached hydrogen (secondary N) is 1. The van der Waals surface area contributed by atoms with E-state index in [2.05, 4.69) is 34.3 Å². The van der Waals surface area contributed by atoms with Crippen LogP contribution in [0.1, 0.15) is 79.2 Å². The van der Waals surface area contributed by atoms with Crippen molar-refractivity contribution in [3.05, 3.63) is 88.0 Å². The van der Waals surface area contributed by atoms with Gasteiger partial charge in [0, 0.05) is 29.7 Å². The Morgan fingerprint density at radius 3 is 2.50 bits per heavy atom. The molecule has 7 heteroatoms. The van der Waals surface area contributed by atoms with Gasteiger partial charge in [-0.05, 0) is 73.9 Å². The first-order chi connectivity index (χ1) is 17.4. The van der Waals surface area contributed by atoms with Crippen LogP contribution < -0.4 is 10.2 Å². The molecule has 2 aromatic carbocycles. The summed E-state index contributed by atoms with van der Waals surface area (Å²) in [6.45, 7) is 5.99. The molecule has 2 fully saturated rings. The minimum atomic E-state index is -0.352.